The van der Waals surface area contributed by atoms with Crippen LogP contribution in [0.25, 0.3) is 33.5 Å². The zero-order valence-electron chi connectivity index (χ0n) is 16.8. The predicted octanol–water partition coefficient (Wildman–Crippen LogP) is 3.99. The summed E-state index contributed by atoms with van der Waals surface area (Å²) in [6.45, 7) is 4.55. The van der Waals surface area contributed by atoms with Crippen molar-refractivity contribution in [1.29, 1.82) is 0 Å². The second-order valence-corrected chi connectivity index (χ2v) is 7.86. The highest BCUT2D eigenvalue weighted by atomic mass is 35.5. The summed E-state index contributed by atoms with van der Waals surface area (Å²) in [5.41, 5.74) is 5.45. The van der Waals surface area contributed by atoms with Crippen molar-refractivity contribution >= 4 is 33.8 Å². The standard InChI is InChI=1S/C22H19ClN6O/c1-12-8-14(4-5-17(12)23)10-29-13(2)26-20-21(29)27-18(9-25-20)16-11-28(3)22(30)19-15(16)6-7-24-19/h4-9,11,24H,10H2,1-3H3. The quantitative estimate of drug-likeness (QED) is 0.480. The first-order valence-corrected chi connectivity index (χ1v) is 9.92. The van der Waals surface area contributed by atoms with Crippen molar-refractivity contribution in [1.82, 2.24) is 29.1 Å². The molecule has 0 spiro atoms. The number of benzene rings is 1. The fourth-order valence-corrected chi connectivity index (χ4v) is 3.90. The van der Waals surface area contributed by atoms with Gasteiger partial charge < -0.3 is 14.1 Å². The number of rotatable bonds is 3. The zero-order valence-corrected chi connectivity index (χ0v) is 17.5. The number of fused-ring (bicyclic) bond motifs is 2. The van der Waals surface area contributed by atoms with Gasteiger partial charge >= 0.3 is 0 Å². The molecule has 7 nitrogen and oxygen atoms in total. The smallest absolute Gasteiger partial charge is 0.274 e. The van der Waals surface area contributed by atoms with Gasteiger partial charge in [-0.15, -0.1) is 0 Å². The summed E-state index contributed by atoms with van der Waals surface area (Å²) < 4.78 is 3.60. The average Bonchev–Trinajstić information content (AvgIpc) is 3.33. The molecule has 0 atom stereocenters. The summed E-state index contributed by atoms with van der Waals surface area (Å²) in [5, 5.41) is 1.57. The van der Waals surface area contributed by atoms with Crippen LogP contribution in [0.2, 0.25) is 5.02 Å². The molecular formula is C22H19ClN6O. The lowest BCUT2D eigenvalue weighted by Crippen LogP contribution is -2.16. The minimum atomic E-state index is -0.0771. The number of hydrogen-bond acceptors (Lipinski definition) is 4. The summed E-state index contributed by atoms with van der Waals surface area (Å²) in [5.74, 6) is 0.835. The van der Waals surface area contributed by atoms with E-state index in [1.165, 1.54) is 0 Å². The molecule has 0 aliphatic carbocycles. The second-order valence-electron chi connectivity index (χ2n) is 7.46. The van der Waals surface area contributed by atoms with Crippen molar-refractivity contribution < 1.29 is 0 Å². The maximum atomic E-state index is 12.4. The van der Waals surface area contributed by atoms with E-state index in [1.54, 1.807) is 30.2 Å². The van der Waals surface area contributed by atoms with E-state index in [1.807, 2.05) is 36.6 Å². The summed E-state index contributed by atoms with van der Waals surface area (Å²) in [4.78, 5) is 29.4. The molecule has 1 aromatic carbocycles. The number of aromatic amines is 1. The normalized spacial score (nSPS) is 11.6. The lowest BCUT2D eigenvalue weighted by atomic mass is 10.1. The fourth-order valence-electron chi connectivity index (χ4n) is 3.78. The topological polar surface area (TPSA) is 81.4 Å². The minimum absolute atomic E-state index is 0.0771. The van der Waals surface area contributed by atoms with Crippen LogP contribution in [0.4, 0.5) is 0 Å². The molecule has 4 aromatic heterocycles. The molecule has 5 aromatic rings. The molecular weight excluding hydrogens is 400 g/mol. The van der Waals surface area contributed by atoms with E-state index in [0.717, 1.165) is 32.9 Å². The monoisotopic (exact) mass is 418 g/mol. The highest BCUT2D eigenvalue weighted by Crippen LogP contribution is 2.26. The molecule has 150 valence electrons. The van der Waals surface area contributed by atoms with Gasteiger partial charge in [-0.1, -0.05) is 23.7 Å². The molecule has 0 saturated heterocycles. The second kappa shape index (κ2) is 6.81. The van der Waals surface area contributed by atoms with Crippen molar-refractivity contribution in [2.45, 2.75) is 20.4 Å². The Morgan fingerprint density at radius 3 is 2.80 bits per heavy atom. The first-order chi connectivity index (χ1) is 14.4. The number of hydrogen-bond donors (Lipinski definition) is 1. The van der Waals surface area contributed by atoms with Crippen LogP contribution in [0.15, 0.2) is 47.7 Å². The van der Waals surface area contributed by atoms with Crippen LogP contribution in [0.3, 0.4) is 0 Å². The number of aromatic nitrogens is 6. The molecule has 0 amide bonds. The number of pyridine rings is 1. The number of nitrogens with one attached hydrogen (secondary N) is 1. The number of imidazole rings is 1. The van der Waals surface area contributed by atoms with Gasteiger partial charge in [-0.05, 0) is 37.1 Å². The summed E-state index contributed by atoms with van der Waals surface area (Å²) in [7, 11) is 1.73. The Balaban J connectivity index is 1.67. The number of aryl methyl sites for hydroxylation is 3. The van der Waals surface area contributed by atoms with Crippen LogP contribution in [-0.2, 0) is 13.6 Å². The van der Waals surface area contributed by atoms with Crippen LogP contribution in [0, 0.1) is 13.8 Å². The Labute approximate surface area is 177 Å². The molecule has 0 aliphatic rings. The van der Waals surface area contributed by atoms with E-state index >= 15 is 0 Å². The van der Waals surface area contributed by atoms with E-state index in [4.69, 9.17) is 16.6 Å². The van der Waals surface area contributed by atoms with Crippen LogP contribution in [-0.4, -0.2) is 29.1 Å². The molecule has 4 heterocycles. The third-order valence-corrected chi connectivity index (χ3v) is 5.81. The molecule has 5 rings (SSSR count). The summed E-state index contributed by atoms with van der Waals surface area (Å²) in [6, 6.07) is 7.87. The largest absolute Gasteiger partial charge is 0.357 e. The maximum Gasteiger partial charge on any atom is 0.274 e. The molecule has 30 heavy (non-hydrogen) atoms. The van der Waals surface area contributed by atoms with E-state index in [2.05, 4.69) is 21.0 Å². The van der Waals surface area contributed by atoms with Gasteiger partial charge in [0.25, 0.3) is 5.56 Å². The molecule has 0 fully saturated rings. The van der Waals surface area contributed by atoms with Crippen molar-refractivity contribution in [3.05, 3.63) is 75.2 Å². The Morgan fingerprint density at radius 2 is 2.00 bits per heavy atom. The average molecular weight is 419 g/mol. The Morgan fingerprint density at radius 1 is 1.17 bits per heavy atom. The predicted molar refractivity (Wildman–Crippen MR) is 118 cm³/mol. The zero-order chi connectivity index (χ0) is 21.0. The number of nitrogens with zero attached hydrogens (tertiary/aromatic N) is 5. The Kier molecular flexibility index (Phi) is 4.22. The van der Waals surface area contributed by atoms with Crippen molar-refractivity contribution in [2.75, 3.05) is 0 Å². The van der Waals surface area contributed by atoms with Gasteiger partial charge in [0, 0.05) is 35.4 Å². The first-order valence-electron chi connectivity index (χ1n) is 9.54. The van der Waals surface area contributed by atoms with Crippen molar-refractivity contribution in [3.8, 4) is 11.3 Å². The molecule has 0 aliphatic heterocycles. The van der Waals surface area contributed by atoms with Gasteiger partial charge in [0.2, 0.25) is 0 Å². The van der Waals surface area contributed by atoms with E-state index in [-0.39, 0.29) is 5.56 Å². The van der Waals surface area contributed by atoms with Crippen LogP contribution >= 0.6 is 11.6 Å². The lowest BCUT2D eigenvalue weighted by molar-refractivity contribution is 0.777. The van der Waals surface area contributed by atoms with E-state index in [0.29, 0.717) is 29.0 Å². The number of halogens is 1. The fraction of sp³-hybridized carbons (Fsp3) is 0.182. The Hall–Kier alpha value is -3.45. The summed E-state index contributed by atoms with van der Waals surface area (Å²) in [6.07, 6.45) is 5.26. The SMILES string of the molecule is Cc1cc(Cn2c(C)nc3ncc(-c4cn(C)c(=O)c5[nH]ccc45)nc32)ccc1Cl. The first kappa shape index (κ1) is 18.6. The highest BCUT2D eigenvalue weighted by Gasteiger charge is 2.16. The van der Waals surface area contributed by atoms with Gasteiger partial charge in [-0.2, -0.15) is 0 Å². The Bertz CT molecular complexity index is 1490. The third kappa shape index (κ3) is 2.90. The van der Waals surface area contributed by atoms with Crippen LogP contribution in [0.5, 0.6) is 0 Å². The minimum Gasteiger partial charge on any atom is -0.357 e. The third-order valence-electron chi connectivity index (χ3n) is 5.38. The van der Waals surface area contributed by atoms with Gasteiger partial charge in [0.1, 0.15) is 11.3 Å². The highest BCUT2D eigenvalue weighted by molar-refractivity contribution is 6.31. The van der Waals surface area contributed by atoms with Crippen LogP contribution < -0.4 is 5.56 Å². The van der Waals surface area contributed by atoms with Gasteiger partial charge in [0.15, 0.2) is 11.3 Å². The van der Waals surface area contributed by atoms with E-state index in [9.17, 15) is 4.79 Å². The lowest BCUT2D eigenvalue weighted by Gasteiger charge is -2.09. The maximum absolute atomic E-state index is 12.4. The molecule has 0 unspecified atom stereocenters. The van der Waals surface area contributed by atoms with Gasteiger partial charge in [0.05, 0.1) is 18.4 Å². The van der Waals surface area contributed by atoms with Crippen LogP contribution in [0.1, 0.15) is 17.0 Å². The molecule has 0 bridgehead atoms. The summed E-state index contributed by atoms with van der Waals surface area (Å²) >= 11 is 6.17. The van der Waals surface area contributed by atoms with Gasteiger partial charge in [-0.25, -0.2) is 15.0 Å². The molecule has 8 heteroatoms. The van der Waals surface area contributed by atoms with Gasteiger partial charge in [-0.3, -0.25) is 4.79 Å². The van der Waals surface area contributed by atoms with E-state index < -0.39 is 0 Å². The molecule has 0 saturated carbocycles. The molecule has 1 N–H and O–H groups in total. The molecule has 0 radical (unpaired) electrons. The number of H-pyrrole nitrogens is 1. The van der Waals surface area contributed by atoms with Crippen molar-refractivity contribution in [3.63, 3.8) is 0 Å². The van der Waals surface area contributed by atoms with Crippen molar-refractivity contribution in [2.24, 2.45) is 7.05 Å².